The summed E-state index contributed by atoms with van der Waals surface area (Å²) in [6.07, 6.45) is 0. The predicted octanol–water partition coefficient (Wildman–Crippen LogP) is 1.82. The molecule has 0 atom stereocenters. The molecule has 0 bridgehead atoms. The lowest BCUT2D eigenvalue weighted by atomic mass is 10.1. The van der Waals surface area contributed by atoms with Crippen LogP contribution < -0.4 is 0 Å². The third-order valence-corrected chi connectivity index (χ3v) is 2.02. The van der Waals surface area contributed by atoms with Crippen LogP contribution in [0.2, 0.25) is 0 Å². The smallest absolute Gasteiger partial charge is 0.377 e. The largest absolute Gasteiger partial charge is 0.492 e. The summed E-state index contributed by atoms with van der Waals surface area (Å²) in [7, 11) is 4.16. The van der Waals surface area contributed by atoms with E-state index in [0.717, 1.165) is 5.56 Å². The van der Waals surface area contributed by atoms with E-state index in [1.807, 2.05) is 30.3 Å². The average molecular weight is 222 g/mol. The van der Waals surface area contributed by atoms with Crippen molar-refractivity contribution in [3.63, 3.8) is 0 Å². The van der Waals surface area contributed by atoms with Gasteiger partial charge in [-0.3, -0.25) is 0 Å². The van der Waals surface area contributed by atoms with Crippen molar-refractivity contribution in [1.82, 2.24) is 0 Å². The van der Waals surface area contributed by atoms with Crippen LogP contribution in [-0.2, 0) is 19.0 Å². The van der Waals surface area contributed by atoms with Crippen LogP contribution in [0.5, 0.6) is 0 Å². The van der Waals surface area contributed by atoms with Crippen LogP contribution in [0.3, 0.4) is 0 Å². The molecule has 0 aliphatic carbocycles. The molecule has 4 heteroatoms. The molecule has 4 nitrogen and oxygen atoms in total. The number of hydrogen-bond acceptors (Lipinski definition) is 4. The van der Waals surface area contributed by atoms with E-state index in [1.165, 1.54) is 21.3 Å². The van der Waals surface area contributed by atoms with Crippen LogP contribution in [-0.4, -0.2) is 27.3 Å². The number of benzene rings is 1. The number of hydrogen-bond donors (Lipinski definition) is 0. The van der Waals surface area contributed by atoms with Gasteiger partial charge in [0.1, 0.15) is 0 Å². The first-order valence-electron chi connectivity index (χ1n) is 4.70. The first kappa shape index (κ1) is 12.1. The van der Waals surface area contributed by atoms with Crippen molar-refractivity contribution in [2.45, 2.75) is 0 Å². The summed E-state index contributed by atoms with van der Waals surface area (Å²) >= 11 is 0. The van der Waals surface area contributed by atoms with Gasteiger partial charge in [-0.15, -0.1) is 0 Å². The zero-order valence-electron chi connectivity index (χ0n) is 9.52. The first-order valence-corrected chi connectivity index (χ1v) is 4.70. The molecular weight excluding hydrogens is 208 g/mol. The molecule has 1 rings (SSSR count). The summed E-state index contributed by atoms with van der Waals surface area (Å²) in [4.78, 5) is 11.4. The van der Waals surface area contributed by atoms with E-state index in [9.17, 15) is 4.79 Å². The van der Waals surface area contributed by atoms with Crippen molar-refractivity contribution in [2.24, 2.45) is 0 Å². The third-order valence-electron chi connectivity index (χ3n) is 2.02. The summed E-state index contributed by atoms with van der Waals surface area (Å²) in [5.74, 6) is -0.158. The SMILES string of the molecule is COC(=O)/C(OC)=C(\OC)c1ccccc1. The maximum Gasteiger partial charge on any atom is 0.377 e. The second-order valence-corrected chi connectivity index (χ2v) is 2.92. The van der Waals surface area contributed by atoms with E-state index in [0.29, 0.717) is 5.76 Å². The van der Waals surface area contributed by atoms with Crippen LogP contribution in [0.25, 0.3) is 5.76 Å². The molecule has 0 aromatic heterocycles. The van der Waals surface area contributed by atoms with E-state index in [2.05, 4.69) is 4.74 Å². The fourth-order valence-corrected chi connectivity index (χ4v) is 1.29. The summed E-state index contributed by atoms with van der Waals surface area (Å²) < 4.78 is 14.8. The van der Waals surface area contributed by atoms with Gasteiger partial charge in [0.2, 0.25) is 5.76 Å². The molecule has 1 aromatic rings. The van der Waals surface area contributed by atoms with E-state index in [-0.39, 0.29) is 5.76 Å². The predicted molar refractivity (Wildman–Crippen MR) is 59.4 cm³/mol. The normalized spacial score (nSPS) is 11.4. The standard InChI is InChI=1S/C12H14O4/c1-14-10(9-7-5-4-6-8-9)11(15-2)12(13)16-3/h4-8H,1-3H3/b11-10+. The molecular formula is C12H14O4. The number of carbonyl (C=O) groups excluding carboxylic acids is 1. The summed E-state index contributed by atoms with van der Waals surface area (Å²) in [6.45, 7) is 0. The van der Waals surface area contributed by atoms with E-state index < -0.39 is 5.97 Å². The van der Waals surface area contributed by atoms with Crippen molar-refractivity contribution >= 4 is 11.7 Å². The van der Waals surface area contributed by atoms with Crippen molar-refractivity contribution < 1.29 is 19.0 Å². The van der Waals surface area contributed by atoms with Crippen molar-refractivity contribution in [1.29, 1.82) is 0 Å². The molecule has 0 radical (unpaired) electrons. The van der Waals surface area contributed by atoms with Gasteiger partial charge in [0.25, 0.3) is 0 Å². The Balaban J connectivity index is 3.21. The molecule has 16 heavy (non-hydrogen) atoms. The first-order chi connectivity index (χ1) is 7.74. The van der Waals surface area contributed by atoms with E-state index >= 15 is 0 Å². The lowest BCUT2D eigenvalue weighted by Crippen LogP contribution is -2.10. The van der Waals surface area contributed by atoms with Gasteiger partial charge >= 0.3 is 5.97 Å². The van der Waals surface area contributed by atoms with Gasteiger partial charge in [-0.05, 0) is 0 Å². The lowest BCUT2D eigenvalue weighted by Gasteiger charge is -2.11. The van der Waals surface area contributed by atoms with E-state index in [4.69, 9.17) is 9.47 Å². The Morgan fingerprint density at radius 2 is 1.56 bits per heavy atom. The zero-order valence-corrected chi connectivity index (χ0v) is 9.52. The third kappa shape index (κ3) is 2.53. The van der Waals surface area contributed by atoms with E-state index in [1.54, 1.807) is 0 Å². The highest BCUT2D eigenvalue weighted by atomic mass is 16.6. The maximum atomic E-state index is 11.4. The minimum Gasteiger partial charge on any atom is -0.492 e. The lowest BCUT2D eigenvalue weighted by molar-refractivity contribution is -0.139. The quantitative estimate of drug-likeness (QED) is 0.443. The van der Waals surface area contributed by atoms with Gasteiger partial charge in [0.15, 0.2) is 5.76 Å². The molecule has 86 valence electrons. The molecule has 0 spiro atoms. The molecule has 0 unspecified atom stereocenters. The minimum atomic E-state index is -0.566. The molecule has 0 saturated carbocycles. The molecule has 1 aromatic carbocycles. The zero-order chi connectivity index (χ0) is 12.0. The average Bonchev–Trinajstić information content (AvgIpc) is 2.36. The van der Waals surface area contributed by atoms with Crippen LogP contribution in [0.15, 0.2) is 36.1 Å². The highest BCUT2D eigenvalue weighted by molar-refractivity contribution is 5.93. The monoisotopic (exact) mass is 222 g/mol. The second-order valence-electron chi connectivity index (χ2n) is 2.92. The maximum absolute atomic E-state index is 11.4. The Kier molecular flexibility index (Phi) is 4.39. The number of methoxy groups -OCH3 is 3. The van der Waals surface area contributed by atoms with Gasteiger partial charge < -0.3 is 14.2 Å². The number of esters is 1. The fraction of sp³-hybridized carbons (Fsp3) is 0.250. The number of carbonyl (C=O) groups is 1. The summed E-state index contributed by atoms with van der Waals surface area (Å²) in [5, 5.41) is 0. The molecule has 0 saturated heterocycles. The highest BCUT2D eigenvalue weighted by Crippen LogP contribution is 2.20. The minimum absolute atomic E-state index is 0.0520. The second kappa shape index (κ2) is 5.80. The fourth-order valence-electron chi connectivity index (χ4n) is 1.29. The van der Waals surface area contributed by atoms with Crippen LogP contribution >= 0.6 is 0 Å². The molecule has 0 aliphatic heterocycles. The van der Waals surface area contributed by atoms with Crippen molar-refractivity contribution in [2.75, 3.05) is 21.3 Å². The Morgan fingerprint density at radius 1 is 0.938 bits per heavy atom. The topological polar surface area (TPSA) is 44.8 Å². The van der Waals surface area contributed by atoms with Gasteiger partial charge in [0, 0.05) is 5.56 Å². The van der Waals surface area contributed by atoms with Gasteiger partial charge in [-0.2, -0.15) is 0 Å². The van der Waals surface area contributed by atoms with Crippen molar-refractivity contribution in [3.8, 4) is 0 Å². The Bertz CT molecular complexity index is 381. The molecule has 0 N–H and O–H groups in total. The highest BCUT2D eigenvalue weighted by Gasteiger charge is 2.19. The Morgan fingerprint density at radius 3 is 2.00 bits per heavy atom. The van der Waals surface area contributed by atoms with Crippen LogP contribution in [0.4, 0.5) is 0 Å². The van der Waals surface area contributed by atoms with Crippen LogP contribution in [0, 0.1) is 0 Å². The summed E-state index contributed by atoms with van der Waals surface area (Å²) in [5.41, 5.74) is 0.757. The summed E-state index contributed by atoms with van der Waals surface area (Å²) in [6, 6.07) is 9.21. The Labute approximate surface area is 94.4 Å². The van der Waals surface area contributed by atoms with Gasteiger partial charge in [0.05, 0.1) is 21.3 Å². The van der Waals surface area contributed by atoms with Gasteiger partial charge in [-0.1, -0.05) is 30.3 Å². The van der Waals surface area contributed by atoms with Crippen LogP contribution in [0.1, 0.15) is 5.56 Å². The van der Waals surface area contributed by atoms with Crippen molar-refractivity contribution in [3.05, 3.63) is 41.7 Å². The molecule has 0 aliphatic rings. The Hall–Kier alpha value is -1.97. The molecule has 0 heterocycles. The molecule has 0 fully saturated rings. The number of ether oxygens (including phenoxy) is 3. The molecule has 0 amide bonds. The van der Waals surface area contributed by atoms with Gasteiger partial charge in [-0.25, -0.2) is 4.79 Å². The number of rotatable bonds is 4.